The van der Waals surface area contributed by atoms with Gasteiger partial charge in [-0.15, -0.1) is 0 Å². The number of methoxy groups -OCH3 is 2. The molecule has 0 aliphatic rings. The smallest absolute Gasteiger partial charge is 0.284 e. The van der Waals surface area contributed by atoms with Crippen molar-refractivity contribution in [3.05, 3.63) is 64.7 Å². The van der Waals surface area contributed by atoms with Gasteiger partial charge in [-0.2, -0.15) is 14.9 Å². The molecule has 0 saturated carbocycles. The fraction of sp³-hybridized carbons (Fsp3) is 0.261. The molecule has 1 atom stereocenters. The normalized spacial score (nSPS) is 12.0. The van der Waals surface area contributed by atoms with Gasteiger partial charge < -0.3 is 14.8 Å². The van der Waals surface area contributed by atoms with E-state index in [1.807, 2.05) is 24.3 Å². The van der Waals surface area contributed by atoms with Crippen LogP contribution in [0.4, 0.5) is 0 Å². The molecule has 0 aliphatic heterocycles. The zero-order chi connectivity index (χ0) is 23.5. The third-order valence-corrected chi connectivity index (χ3v) is 5.06. The topological polar surface area (TPSA) is 113 Å². The Labute approximate surface area is 189 Å². The summed E-state index contributed by atoms with van der Waals surface area (Å²) >= 11 is 0. The van der Waals surface area contributed by atoms with Gasteiger partial charge in [-0.1, -0.05) is 12.1 Å². The summed E-state index contributed by atoms with van der Waals surface area (Å²) in [5.74, 6) is -0.0217. The lowest BCUT2D eigenvalue weighted by atomic mass is 10.1. The van der Waals surface area contributed by atoms with Crippen LogP contribution in [0.15, 0.2) is 53.6 Å². The number of aromatic nitrogens is 5. The summed E-state index contributed by atoms with van der Waals surface area (Å²) < 4.78 is 13.0. The van der Waals surface area contributed by atoms with E-state index in [0.717, 1.165) is 5.39 Å². The minimum Gasteiger partial charge on any atom is -0.481 e. The van der Waals surface area contributed by atoms with Gasteiger partial charge in [0, 0.05) is 37.2 Å². The van der Waals surface area contributed by atoms with Gasteiger partial charge in [0.15, 0.2) is 0 Å². The summed E-state index contributed by atoms with van der Waals surface area (Å²) in [4.78, 5) is 30.6. The van der Waals surface area contributed by atoms with Crippen LogP contribution in [0, 0.1) is 0 Å². The molecule has 1 amide bonds. The standard InChI is InChI=1S/C23H24N6O4/c1-14(13-32-3)25-22(30)18-10-20(27-29(23(18)31)17-11-24-28(2)12-17)16-6-5-15-7-8-21(33-4)26-19(15)9-16/h5-12,14H,13H2,1-4H3,(H,25,30)/t14-/m0/s1. The van der Waals surface area contributed by atoms with Gasteiger partial charge >= 0.3 is 0 Å². The molecule has 10 nitrogen and oxygen atoms in total. The number of nitrogens with one attached hydrogen (secondary N) is 1. The number of aryl methyl sites for hydroxylation is 1. The number of nitrogens with zero attached hydrogens (tertiary/aromatic N) is 5. The highest BCUT2D eigenvalue weighted by Gasteiger charge is 2.20. The molecular weight excluding hydrogens is 424 g/mol. The van der Waals surface area contributed by atoms with Crippen LogP contribution >= 0.6 is 0 Å². The lowest BCUT2D eigenvalue weighted by Gasteiger charge is -2.14. The molecule has 0 saturated heterocycles. The first kappa shape index (κ1) is 22.2. The molecule has 0 bridgehead atoms. The SMILES string of the molecule is COC[C@H](C)NC(=O)c1cc(-c2ccc3ccc(OC)nc3c2)nn(-c2cnn(C)c2)c1=O. The average molecular weight is 448 g/mol. The minimum atomic E-state index is -0.547. The molecule has 0 spiro atoms. The summed E-state index contributed by atoms with van der Waals surface area (Å²) in [5, 5.41) is 12.4. The van der Waals surface area contributed by atoms with Gasteiger partial charge in [-0.3, -0.25) is 14.3 Å². The van der Waals surface area contributed by atoms with Gasteiger partial charge in [-0.25, -0.2) is 4.98 Å². The van der Waals surface area contributed by atoms with Crippen molar-refractivity contribution in [3.63, 3.8) is 0 Å². The lowest BCUT2D eigenvalue weighted by Crippen LogP contribution is -2.39. The largest absolute Gasteiger partial charge is 0.481 e. The number of carbonyl (C=O) groups is 1. The Bertz CT molecular complexity index is 1380. The van der Waals surface area contributed by atoms with Crippen molar-refractivity contribution in [3.8, 4) is 22.8 Å². The van der Waals surface area contributed by atoms with Gasteiger partial charge in [0.2, 0.25) is 5.88 Å². The van der Waals surface area contributed by atoms with Crippen molar-refractivity contribution in [2.24, 2.45) is 7.05 Å². The van der Waals surface area contributed by atoms with E-state index in [2.05, 4.69) is 20.5 Å². The zero-order valence-electron chi connectivity index (χ0n) is 18.8. The molecule has 1 aromatic carbocycles. The van der Waals surface area contributed by atoms with E-state index in [9.17, 15) is 9.59 Å². The number of pyridine rings is 1. The number of fused-ring (bicyclic) bond motifs is 1. The van der Waals surface area contributed by atoms with Crippen LogP contribution in [0.25, 0.3) is 27.8 Å². The lowest BCUT2D eigenvalue weighted by molar-refractivity contribution is 0.0903. The summed E-state index contributed by atoms with van der Waals surface area (Å²) in [6.45, 7) is 2.12. The molecule has 0 unspecified atom stereocenters. The van der Waals surface area contributed by atoms with Gasteiger partial charge in [0.05, 0.1) is 37.3 Å². The van der Waals surface area contributed by atoms with Crippen LogP contribution in [-0.2, 0) is 11.8 Å². The molecule has 4 rings (SSSR count). The highest BCUT2D eigenvalue weighted by molar-refractivity contribution is 5.95. The second kappa shape index (κ2) is 9.21. The number of rotatable bonds is 7. The summed E-state index contributed by atoms with van der Waals surface area (Å²) in [6.07, 6.45) is 3.17. The van der Waals surface area contributed by atoms with E-state index in [1.165, 1.54) is 16.9 Å². The predicted molar refractivity (Wildman–Crippen MR) is 123 cm³/mol. The third kappa shape index (κ3) is 4.60. The maximum Gasteiger partial charge on any atom is 0.284 e. The van der Waals surface area contributed by atoms with Crippen molar-refractivity contribution in [1.29, 1.82) is 0 Å². The Morgan fingerprint density at radius 1 is 1.18 bits per heavy atom. The predicted octanol–water partition coefficient (Wildman–Crippen LogP) is 1.95. The van der Waals surface area contributed by atoms with E-state index in [0.29, 0.717) is 34.9 Å². The van der Waals surface area contributed by atoms with E-state index in [4.69, 9.17) is 9.47 Å². The maximum absolute atomic E-state index is 13.2. The average Bonchev–Trinajstić information content (AvgIpc) is 3.24. The van der Waals surface area contributed by atoms with Crippen LogP contribution in [0.1, 0.15) is 17.3 Å². The van der Waals surface area contributed by atoms with E-state index < -0.39 is 11.5 Å². The Kier molecular flexibility index (Phi) is 6.18. The second-order valence-corrected chi connectivity index (χ2v) is 7.62. The Morgan fingerprint density at radius 2 is 1.97 bits per heavy atom. The van der Waals surface area contributed by atoms with Crippen LogP contribution in [0.2, 0.25) is 0 Å². The fourth-order valence-corrected chi connectivity index (χ4v) is 3.46. The van der Waals surface area contributed by atoms with Crippen LogP contribution in [0.5, 0.6) is 5.88 Å². The molecular formula is C23H24N6O4. The molecule has 0 aliphatic carbocycles. The molecule has 0 fully saturated rings. The quantitative estimate of drug-likeness (QED) is 0.460. The van der Waals surface area contributed by atoms with Crippen molar-refractivity contribution in [1.82, 2.24) is 29.9 Å². The number of hydrogen-bond donors (Lipinski definition) is 1. The monoisotopic (exact) mass is 448 g/mol. The van der Waals surface area contributed by atoms with Crippen LogP contribution < -0.4 is 15.6 Å². The Balaban J connectivity index is 1.86. The van der Waals surface area contributed by atoms with E-state index >= 15 is 0 Å². The third-order valence-electron chi connectivity index (χ3n) is 5.06. The molecule has 3 aromatic heterocycles. The first-order valence-electron chi connectivity index (χ1n) is 10.3. The summed E-state index contributed by atoms with van der Waals surface area (Å²) in [7, 11) is 4.84. The van der Waals surface area contributed by atoms with Crippen molar-refractivity contribution >= 4 is 16.8 Å². The molecule has 33 heavy (non-hydrogen) atoms. The van der Waals surface area contributed by atoms with E-state index in [1.54, 1.807) is 45.1 Å². The number of amides is 1. The maximum atomic E-state index is 13.2. The van der Waals surface area contributed by atoms with E-state index in [-0.39, 0.29) is 11.6 Å². The second-order valence-electron chi connectivity index (χ2n) is 7.62. The van der Waals surface area contributed by atoms with Crippen molar-refractivity contribution in [2.45, 2.75) is 13.0 Å². The first-order valence-corrected chi connectivity index (χ1v) is 10.3. The number of benzene rings is 1. The molecule has 170 valence electrons. The highest BCUT2D eigenvalue weighted by atomic mass is 16.5. The summed E-state index contributed by atoms with van der Waals surface area (Å²) in [6, 6.07) is 10.5. The number of ether oxygens (including phenoxy) is 2. The van der Waals surface area contributed by atoms with Gasteiger partial charge in [-0.05, 0) is 25.1 Å². The number of hydrogen-bond acceptors (Lipinski definition) is 7. The Hall–Kier alpha value is -4.05. The van der Waals surface area contributed by atoms with Gasteiger partial charge in [0.1, 0.15) is 11.3 Å². The molecule has 1 N–H and O–H groups in total. The van der Waals surface area contributed by atoms with Crippen LogP contribution in [-0.4, -0.2) is 57.3 Å². The van der Waals surface area contributed by atoms with Crippen molar-refractivity contribution in [2.75, 3.05) is 20.8 Å². The molecule has 3 heterocycles. The molecule has 0 radical (unpaired) electrons. The zero-order valence-corrected chi connectivity index (χ0v) is 18.8. The van der Waals surface area contributed by atoms with Gasteiger partial charge in [0.25, 0.3) is 11.5 Å². The Morgan fingerprint density at radius 3 is 2.67 bits per heavy atom. The first-order chi connectivity index (χ1) is 15.9. The molecule has 10 heteroatoms. The fourth-order valence-electron chi connectivity index (χ4n) is 3.46. The minimum absolute atomic E-state index is 0.0366. The summed E-state index contributed by atoms with van der Waals surface area (Å²) in [5.41, 5.74) is 1.70. The van der Waals surface area contributed by atoms with Crippen molar-refractivity contribution < 1.29 is 14.3 Å². The number of carbonyl (C=O) groups excluding carboxylic acids is 1. The molecule has 4 aromatic rings. The van der Waals surface area contributed by atoms with Crippen LogP contribution in [0.3, 0.4) is 0 Å². The highest BCUT2D eigenvalue weighted by Crippen LogP contribution is 2.24.